The molecule has 0 rings (SSSR count). The smallest absolute Gasteiger partial charge is 0.362 e. The molecule has 0 spiro atoms. The molecule has 222 valence electrons. The molecule has 0 aromatic rings. The number of hydrogen-bond acceptors (Lipinski definition) is 4. The first kappa shape index (κ1) is 36.1. The summed E-state index contributed by atoms with van der Waals surface area (Å²) < 4.78 is -0.541. The maximum atomic E-state index is 11.8. The van der Waals surface area contributed by atoms with Crippen LogP contribution in [0.1, 0.15) is 143 Å². The molecule has 3 atom stereocenters. The highest BCUT2D eigenvalue weighted by atomic mass is 16.4. The van der Waals surface area contributed by atoms with Gasteiger partial charge in [0, 0.05) is 0 Å². The fraction of sp³-hybridized carbons (Fsp3) is 0.839. The topological polar surface area (TPSA) is 115 Å². The van der Waals surface area contributed by atoms with E-state index in [1.165, 1.54) is 104 Å². The lowest BCUT2D eigenvalue weighted by Crippen LogP contribution is -2.72. The molecule has 0 aromatic heterocycles. The zero-order chi connectivity index (χ0) is 28.8. The lowest BCUT2D eigenvalue weighted by atomic mass is 10.00. The minimum absolute atomic E-state index is 0.183. The number of carboxylic acids is 3. The molecule has 0 radical (unpaired) electrons. The fourth-order valence-electron chi connectivity index (χ4n) is 5.53. The number of aliphatic carboxylic acids is 3. The first-order valence-corrected chi connectivity index (χ1v) is 15.3. The molecule has 0 aliphatic carbocycles. The Hall–Kier alpha value is -1.89. The van der Waals surface area contributed by atoms with E-state index in [0.717, 1.165) is 25.7 Å². The Kier molecular flexibility index (Phi) is 20.9. The van der Waals surface area contributed by atoms with Gasteiger partial charge < -0.3 is 20.1 Å². The van der Waals surface area contributed by atoms with Crippen LogP contribution in [-0.4, -0.2) is 57.3 Å². The predicted molar refractivity (Wildman–Crippen MR) is 152 cm³/mol. The van der Waals surface area contributed by atoms with Crippen molar-refractivity contribution in [3.8, 4) is 0 Å². The highest BCUT2D eigenvalue weighted by molar-refractivity contribution is 5.76. The molecule has 0 aliphatic heterocycles. The second kappa shape index (κ2) is 22.0. The van der Waals surface area contributed by atoms with Crippen LogP contribution in [0.2, 0.25) is 0 Å². The van der Waals surface area contributed by atoms with Gasteiger partial charge in [0.1, 0.15) is 6.04 Å². The molecule has 0 saturated carbocycles. The van der Waals surface area contributed by atoms with Gasteiger partial charge in [-0.2, -0.15) is 0 Å². The van der Waals surface area contributed by atoms with Gasteiger partial charge in [0.05, 0.1) is 12.5 Å². The van der Waals surface area contributed by atoms with E-state index in [1.54, 1.807) is 0 Å². The minimum Gasteiger partial charge on any atom is -0.544 e. The summed E-state index contributed by atoms with van der Waals surface area (Å²) in [6.45, 7) is 6.59. The summed E-state index contributed by atoms with van der Waals surface area (Å²) in [5, 5.41) is 30.9. The van der Waals surface area contributed by atoms with Crippen molar-refractivity contribution in [1.82, 2.24) is 0 Å². The van der Waals surface area contributed by atoms with Crippen molar-refractivity contribution >= 4 is 17.9 Å². The molecule has 0 saturated heterocycles. The largest absolute Gasteiger partial charge is 0.544 e. The summed E-state index contributed by atoms with van der Waals surface area (Å²) in [5.74, 6) is -3.82. The summed E-state index contributed by atoms with van der Waals surface area (Å²) in [5.41, 5.74) is 0. The third kappa shape index (κ3) is 14.3. The molecule has 0 aliphatic rings. The SMILES string of the molecule is CCCCCCCCC/C=C/CCCCCCCCCCC[N+](C(C)C(=O)[O-])(C(C)C(=O)O)C(C)C(=O)O. The molecule has 0 aromatic carbocycles. The van der Waals surface area contributed by atoms with Crippen molar-refractivity contribution < 1.29 is 34.2 Å². The molecule has 7 heteroatoms. The van der Waals surface area contributed by atoms with Crippen LogP contribution in [0.3, 0.4) is 0 Å². The number of carboxylic acid groups (broad SMARTS) is 3. The quantitative estimate of drug-likeness (QED) is 0.0738. The van der Waals surface area contributed by atoms with E-state index in [2.05, 4.69) is 19.1 Å². The normalized spacial score (nSPS) is 15.7. The molecule has 0 amide bonds. The van der Waals surface area contributed by atoms with E-state index in [0.29, 0.717) is 6.42 Å². The van der Waals surface area contributed by atoms with Crippen molar-refractivity contribution in [3.63, 3.8) is 0 Å². The Labute approximate surface area is 232 Å². The van der Waals surface area contributed by atoms with Crippen molar-refractivity contribution in [2.45, 2.75) is 161 Å². The second-order valence-corrected chi connectivity index (χ2v) is 11.1. The van der Waals surface area contributed by atoms with E-state index < -0.39 is 40.5 Å². The lowest BCUT2D eigenvalue weighted by molar-refractivity contribution is -0.969. The number of hydrogen-bond donors (Lipinski definition) is 2. The molecule has 38 heavy (non-hydrogen) atoms. The van der Waals surface area contributed by atoms with Crippen LogP contribution in [0.15, 0.2) is 12.2 Å². The Balaban J connectivity index is 4.10. The summed E-state index contributed by atoms with van der Waals surface area (Å²) in [4.78, 5) is 35.3. The van der Waals surface area contributed by atoms with Gasteiger partial charge in [0.25, 0.3) is 0 Å². The number of rotatable bonds is 26. The lowest BCUT2D eigenvalue weighted by Gasteiger charge is -2.49. The monoisotopic (exact) mass is 539 g/mol. The molecule has 2 N–H and O–H groups in total. The second-order valence-electron chi connectivity index (χ2n) is 11.1. The van der Waals surface area contributed by atoms with Crippen LogP contribution < -0.4 is 5.11 Å². The van der Waals surface area contributed by atoms with Gasteiger partial charge in [0.2, 0.25) is 0 Å². The van der Waals surface area contributed by atoms with E-state index in [9.17, 15) is 29.7 Å². The summed E-state index contributed by atoms with van der Waals surface area (Å²) >= 11 is 0. The first-order valence-electron chi connectivity index (χ1n) is 15.3. The highest BCUT2D eigenvalue weighted by Gasteiger charge is 2.50. The average Bonchev–Trinajstić information content (AvgIpc) is 2.88. The number of nitrogens with zero attached hydrogens (tertiary/aromatic N) is 1. The molecular formula is C31H57NO6. The number of carbonyl (C=O) groups is 3. The highest BCUT2D eigenvalue weighted by Crippen LogP contribution is 2.27. The Morgan fingerprint density at radius 1 is 0.605 bits per heavy atom. The number of carbonyl (C=O) groups excluding carboxylic acids is 1. The third-order valence-corrected chi connectivity index (χ3v) is 8.28. The Bertz CT molecular complexity index is 627. The van der Waals surface area contributed by atoms with Gasteiger partial charge in [-0.3, -0.25) is 4.48 Å². The molecule has 0 heterocycles. The van der Waals surface area contributed by atoms with Gasteiger partial charge >= 0.3 is 11.9 Å². The van der Waals surface area contributed by atoms with Crippen molar-refractivity contribution in [1.29, 1.82) is 0 Å². The van der Waals surface area contributed by atoms with Crippen LogP contribution in [0.4, 0.5) is 0 Å². The van der Waals surface area contributed by atoms with Crippen LogP contribution >= 0.6 is 0 Å². The van der Waals surface area contributed by atoms with Crippen molar-refractivity contribution in [2.24, 2.45) is 0 Å². The maximum Gasteiger partial charge on any atom is 0.362 e. The molecular weight excluding hydrogens is 482 g/mol. The van der Waals surface area contributed by atoms with Crippen molar-refractivity contribution in [3.05, 3.63) is 12.2 Å². The zero-order valence-electron chi connectivity index (χ0n) is 24.8. The van der Waals surface area contributed by atoms with Crippen molar-refractivity contribution in [2.75, 3.05) is 6.54 Å². The minimum atomic E-state index is -1.42. The Morgan fingerprint density at radius 2 is 0.947 bits per heavy atom. The van der Waals surface area contributed by atoms with Crippen LogP contribution in [0.25, 0.3) is 0 Å². The van der Waals surface area contributed by atoms with Gasteiger partial charge in [0.15, 0.2) is 12.1 Å². The molecule has 3 unspecified atom stereocenters. The number of quaternary nitrogens is 1. The summed E-state index contributed by atoms with van der Waals surface area (Å²) in [6.07, 6.45) is 26.1. The molecule has 0 fully saturated rings. The van der Waals surface area contributed by atoms with Crippen LogP contribution in [-0.2, 0) is 14.4 Å². The summed E-state index contributed by atoms with van der Waals surface area (Å²) in [6, 6.07) is -3.56. The van der Waals surface area contributed by atoms with Crippen LogP contribution in [0, 0.1) is 0 Å². The third-order valence-electron chi connectivity index (χ3n) is 8.28. The zero-order valence-corrected chi connectivity index (χ0v) is 24.8. The van der Waals surface area contributed by atoms with Gasteiger partial charge in [-0.1, -0.05) is 96.1 Å². The van der Waals surface area contributed by atoms with E-state index in [-0.39, 0.29) is 6.54 Å². The van der Waals surface area contributed by atoms with E-state index in [4.69, 9.17) is 0 Å². The number of allylic oxidation sites excluding steroid dienone is 2. The van der Waals surface area contributed by atoms with E-state index in [1.807, 2.05) is 0 Å². The van der Waals surface area contributed by atoms with Gasteiger partial charge in [-0.15, -0.1) is 0 Å². The average molecular weight is 540 g/mol. The van der Waals surface area contributed by atoms with Gasteiger partial charge in [-0.25, -0.2) is 9.59 Å². The standard InChI is InChI=1S/C31H57NO6/c1-5-6-7-8-9-10-11-12-13-14-15-16-17-18-19-20-21-22-23-24-25-32(26(2)29(33)34,27(3)30(35)36)28(4)31(37)38/h13-14,26-28H,5-12,15-25H2,1-4H3,(H2-,33,34,35,36,37,38)/b14-13+. The number of unbranched alkanes of at least 4 members (excludes halogenated alkanes) is 16. The fourth-order valence-corrected chi connectivity index (χ4v) is 5.53. The van der Waals surface area contributed by atoms with E-state index >= 15 is 0 Å². The first-order chi connectivity index (χ1) is 18.1. The molecule has 0 bridgehead atoms. The summed E-state index contributed by atoms with van der Waals surface area (Å²) in [7, 11) is 0. The maximum absolute atomic E-state index is 11.8. The van der Waals surface area contributed by atoms with Crippen LogP contribution in [0.5, 0.6) is 0 Å². The van der Waals surface area contributed by atoms with Gasteiger partial charge in [-0.05, 0) is 59.3 Å². The Morgan fingerprint density at radius 3 is 1.29 bits per heavy atom. The predicted octanol–water partition coefficient (Wildman–Crippen LogP) is 6.49. The molecule has 7 nitrogen and oxygen atoms in total.